The lowest BCUT2D eigenvalue weighted by molar-refractivity contribution is -0.137. The minimum absolute atomic E-state index is 0.169. The maximum atomic E-state index is 12.9. The predicted octanol–water partition coefficient (Wildman–Crippen LogP) is 3.28. The van der Waals surface area contributed by atoms with Crippen LogP contribution < -0.4 is 5.73 Å². The van der Waals surface area contributed by atoms with E-state index in [2.05, 4.69) is 0 Å². The molecule has 0 spiro atoms. The Morgan fingerprint density at radius 2 is 1.76 bits per heavy atom. The number of alkyl halides is 3. The van der Waals surface area contributed by atoms with Crippen LogP contribution in [0.2, 0.25) is 0 Å². The van der Waals surface area contributed by atoms with Crippen LogP contribution in [0.1, 0.15) is 26.3 Å². The molecule has 2 N–H and O–H groups in total. The normalized spacial score (nSPS) is 11.2. The number of benzene rings is 2. The zero-order valence-corrected chi connectivity index (χ0v) is 10.6. The van der Waals surface area contributed by atoms with Crippen molar-refractivity contribution in [3.8, 4) is 11.1 Å². The number of primary amides is 1. The molecule has 0 aliphatic heterocycles. The van der Waals surface area contributed by atoms with E-state index in [1.807, 2.05) is 0 Å². The summed E-state index contributed by atoms with van der Waals surface area (Å²) in [4.78, 5) is 21.9. The molecule has 0 aliphatic carbocycles. The number of amides is 1. The van der Waals surface area contributed by atoms with Gasteiger partial charge in [-0.05, 0) is 35.4 Å². The summed E-state index contributed by atoms with van der Waals surface area (Å²) in [5, 5.41) is 0. The number of halogens is 3. The molecule has 0 atom stereocenters. The quantitative estimate of drug-likeness (QED) is 0.883. The number of carbonyl (C=O) groups is 2. The largest absolute Gasteiger partial charge is 0.416 e. The van der Waals surface area contributed by atoms with Crippen LogP contribution in [-0.4, -0.2) is 12.2 Å². The van der Waals surface area contributed by atoms with Crippen molar-refractivity contribution in [2.24, 2.45) is 5.73 Å². The van der Waals surface area contributed by atoms with Crippen LogP contribution in [0.4, 0.5) is 13.2 Å². The van der Waals surface area contributed by atoms with Crippen molar-refractivity contribution in [2.75, 3.05) is 0 Å². The van der Waals surface area contributed by atoms with Gasteiger partial charge < -0.3 is 5.73 Å². The minimum atomic E-state index is -4.59. The molecule has 3 nitrogen and oxygen atoms in total. The molecule has 108 valence electrons. The zero-order valence-electron chi connectivity index (χ0n) is 10.6. The molecule has 0 radical (unpaired) electrons. The van der Waals surface area contributed by atoms with Gasteiger partial charge in [0.05, 0.1) is 5.56 Å². The van der Waals surface area contributed by atoms with E-state index < -0.39 is 17.6 Å². The molecule has 0 fully saturated rings. The van der Waals surface area contributed by atoms with Crippen LogP contribution in [0.3, 0.4) is 0 Å². The molecular formula is C15H10F3NO2. The van der Waals surface area contributed by atoms with Gasteiger partial charge in [-0.15, -0.1) is 0 Å². The van der Waals surface area contributed by atoms with Crippen LogP contribution in [0.15, 0.2) is 42.5 Å². The van der Waals surface area contributed by atoms with Crippen molar-refractivity contribution in [3.63, 3.8) is 0 Å². The molecule has 0 bridgehead atoms. The van der Waals surface area contributed by atoms with E-state index in [1.54, 1.807) is 12.1 Å². The maximum Gasteiger partial charge on any atom is 0.416 e. The fraction of sp³-hybridized carbons (Fsp3) is 0.0667. The Balaban J connectivity index is 2.64. The highest BCUT2D eigenvalue weighted by atomic mass is 19.4. The topological polar surface area (TPSA) is 60.2 Å². The zero-order chi connectivity index (χ0) is 15.6. The Hall–Kier alpha value is -2.63. The van der Waals surface area contributed by atoms with E-state index in [0.717, 1.165) is 6.07 Å². The van der Waals surface area contributed by atoms with Crippen molar-refractivity contribution in [2.45, 2.75) is 6.18 Å². The van der Waals surface area contributed by atoms with Gasteiger partial charge in [0.2, 0.25) is 5.91 Å². The third kappa shape index (κ3) is 3.28. The third-order valence-corrected chi connectivity index (χ3v) is 2.90. The van der Waals surface area contributed by atoms with Crippen molar-refractivity contribution in [3.05, 3.63) is 59.2 Å². The molecular weight excluding hydrogens is 283 g/mol. The molecule has 0 unspecified atom stereocenters. The highest BCUT2D eigenvalue weighted by Crippen LogP contribution is 2.33. The van der Waals surface area contributed by atoms with Crippen LogP contribution in [-0.2, 0) is 6.18 Å². The highest BCUT2D eigenvalue weighted by Gasteiger charge is 2.31. The number of hydrogen-bond donors (Lipinski definition) is 1. The lowest BCUT2D eigenvalue weighted by Gasteiger charge is -2.11. The maximum absolute atomic E-state index is 12.9. The fourth-order valence-corrected chi connectivity index (χ4v) is 1.89. The van der Waals surface area contributed by atoms with Gasteiger partial charge in [-0.25, -0.2) is 0 Å². The van der Waals surface area contributed by atoms with Crippen molar-refractivity contribution >= 4 is 12.2 Å². The van der Waals surface area contributed by atoms with Gasteiger partial charge in [-0.3, -0.25) is 9.59 Å². The van der Waals surface area contributed by atoms with E-state index in [9.17, 15) is 22.8 Å². The average Bonchev–Trinajstić information content (AvgIpc) is 2.46. The molecule has 6 heteroatoms. The smallest absolute Gasteiger partial charge is 0.366 e. The summed E-state index contributed by atoms with van der Waals surface area (Å²) < 4.78 is 38.6. The summed E-state index contributed by atoms with van der Waals surface area (Å²) >= 11 is 0. The molecule has 1 amide bonds. The van der Waals surface area contributed by atoms with Crippen LogP contribution in [0.5, 0.6) is 0 Å². The van der Waals surface area contributed by atoms with Gasteiger partial charge in [0, 0.05) is 11.1 Å². The lowest BCUT2D eigenvalue weighted by atomic mass is 9.98. The van der Waals surface area contributed by atoms with Gasteiger partial charge in [0.25, 0.3) is 0 Å². The summed E-state index contributed by atoms with van der Waals surface area (Å²) in [6.07, 6.45) is -4.01. The van der Waals surface area contributed by atoms with E-state index in [0.29, 0.717) is 23.5 Å². The molecule has 0 saturated heterocycles. The number of hydrogen-bond acceptors (Lipinski definition) is 2. The molecule has 0 aromatic heterocycles. The molecule has 0 saturated carbocycles. The fourth-order valence-electron chi connectivity index (χ4n) is 1.89. The second kappa shape index (κ2) is 5.40. The SMILES string of the molecule is NC(=O)c1cc(-c2cccc(C=O)c2)cc(C(F)(F)F)c1. The molecule has 21 heavy (non-hydrogen) atoms. The first-order chi connectivity index (χ1) is 9.81. The third-order valence-electron chi connectivity index (χ3n) is 2.90. The Bertz CT molecular complexity index is 708. The molecule has 2 rings (SSSR count). The minimum Gasteiger partial charge on any atom is -0.366 e. The molecule has 2 aromatic carbocycles. The lowest BCUT2D eigenvalue weighted by Crippen LogP contribution is -2.14. The van der Waals surface area contributed by atoms with Crippen LogP contribution >= 0.6 is 0 Å². The summed E-state index contributed by atoms with van der Waals surface area (Å²) in [6, 6.07) is 8.94. The molecule has 0 heterocycles. The van der Waals surface area contributed by atoms with Crippen molar-refractivity contribution < 1.29 is 22.8 Å². The first-order valence-corrected chi connectivity index (χ1v) is 5.89. The first-order valence-electron chi connectivity index (χ1n) is 5.89. The van der Waals surface area contributed by atoms with E-state index >= 15 is 0 Å². The Kier molecular flexibility index (Phi) is 3.80. The summed E-state index contributed by atoms with van der Waals surface area (Å²) in [5.74, 6) is -0.950. The number of rotatable bonds is 3. The van der Waals surface area contributed by atoms with E-state index in [1.165, 1.54) is 18.2 Å². The Morgan fingerprint density at radius 1 is 1.05 bits per heavy atom. The van der Waals surface area contributed by atoms with Gasteiger partial charge in [0.15, 0.2) is 0 Å². The number of nitrogens with two attached hydrogens (primary N) is 1. The second-order valence-corrected chi connectivity index (χ2v) is 4.40. The monoisotopic (exact) mass is 293 g/mol. The van der Waals surface area contributed by atoms with Gasteiger partial charge in [-0.2, -0.15) is 13.2 Å². The number of carbonyl (C=O) groups excluding carboxylic acids is 2. The number of aldehydes is 1. The van der Waals surface area contributed by atoms with Gasteiger partial charge in [0.1, 0.15) is 6.29 Å². The van der Waals surface area contributed by atoms with E-state index in [4.69, 9.17) is 5.73 Å². The summed E-state index contributed by atoms with van der Waals surface area (Å²) in [6.45, 7) is 0. The Labute approximate surface area is 118 Å². The van der Waals surface area contributed by atoms with Gasteiger partial charge >= 0.3 is 6.18 Å². The summed E-state index contributed by atoms with van der Waals surface area (Å²) in [7, 11) is 0. The summed E-state index contributed by atoms with van der Waals surface area (Å²) in [5.41, 5.74) is 4.75. The predicted molar refractivity (Wildman–Crippen MR) is 70.8 cm³/mol. The average molecular weight is 293 g/mol. The van der Waals surface area contributed by atoms with Crippen molar-refractivity contribution in [1.82, 2.24) is 0 Å². The van der Waals surface area contributed by atoms with Gasteiger partial charge in [-0.1, -0.05) is 18.2 Å². The first kappa shape index (κ1) is 14.8. The van der Waals surface area contributed by atoms with Crippen molar-refractivity contribution in [1.29, 1.82) is 0 Å². The molecule has 2 aromatic rings. The standard InChI is InChI=1S/C15H10F3NO2/c16-15(17,18)13-6-11(5-12(7-13)14(19)21)10-3-1-2-9(4-10)8-20/h1-8H,(H2,19,21). The Morgan fingerprint density at radius 3 is 2.33 bits per heavy atom. The highest BCUT2D eigenvalue weighted by molar-refractivity contribution is 5.94. The van der Waals surface area contributed by atoms with Crippen LogP contribution in [0.25, 0.3) is 11.1 Å². The van der Waals surface area contributed by atoms with E-state index in [-0.39, 0.29) is 11.1 Å². The second-order valence-electron chi connectivity index (χ2n) is 4.40. The van der Waals surface area contributed by atoms with Crippen LogP contribution in [0, 0.1) is 0 Å². The molecule has 0 aliphatic rings.